The summed E-state index contributed by atoms with van der Waals surface area (Å²) in [5.41, 5.74) is 5.01. The Morgan fingerprint density at radius 1 is 1.29 bits per heavy atom. The van der Waals surface area contributed by atoms with Crippen LogP contribution in [0.25, 0.3) is 0 Å². The Bertz CT molecular complexity index is 1070. The monoisotopic (exact) mass is 493 g/mol. The zero-order valence-electron chi connectivity index (χ0n) is 19.4. The van der Waals surface area contributed by atoms with Crippen LogP contribution in [0.2, 0.25) is 5.02 Å². The molecule has 1 heterocycles. The molecule has 2 aromatic rings. The second-order valence-corrected chi connectivity index (χ2v) is 9.41. The van der Waals surface area contributed by atoms with Crippen LogP contribution < -0.4 is 11.1 Å². The van der Waals surface area contributed by atoms with Gasteiger partial charge >= 0.3 is 0 Å². The number of nitrogens with two attached hydrogens (primary N) is 1. The standard InChI is InChI=1S/C23H29ClFN5O4/c1-23(2,34-3)11-30(22(33)19-18(20(26)31)27-12-28-19)15-7-4-13(5-8-15)21(32)29-17-9-6-14(25)10-16(17)24/h6,9-10,12-13,15H,4-5,7-8,11H2,1-3H3,(H2,26,31)(H,27,28)(H,29,32)/t13-,15-. The van der Waals surface area contributed by atoms with Crippen LogP contribution in [0.4, 0.5) is 10.1 Å². The number of methoxy groups -OCH3 is 1. The van der Waals surface area contributed by atoms with E-state index in [1.54, 1.807) is 12.0 Å². The highest BCUT2D eigenvalue weighted by atomic mass is 35.5. The van der Waals surface area contributed by atoms with Crippen LogP contribution in [-0.2, 0) is 9.53 Å². The van der Waals surface area contributed by atoms with Crippen LogP contribution in [0, 0.1) is 11.7 Å². The van der Waals surface area contributed by atoms with Crippen molar-refractivity contribution in [2.45, 2.75) is 51.2 Å². The van der Waals surface area contributed by atoms with E-state index >= 15 is 0 Å². The number of nitrogens with one attached hydrogen (secondary N) is 2. The molecular weight excluding hydrogens is 465 g/mol. The quantitative estimate of drug-likeness (QED) is 0.519. The van der Waals surface area contributed by atoms with Gasteiger partial charge in [0.1, 0.15) is 11.5 Å². The first-order chi connectivity index (χ1) is 16.0. The maximum absolute atomic E-state index is 13.4. The van der Waals surface area contributed by atoms with Crippen LogP contribution in [0.15, 0.2) is 24.5 Å². The smallest absolute Gasteiger partial charge is 0.275 e. The number of aromatic amines is 1. The zero-order valence-corrected chi connectivity index (χ0v) is 20.1. The van der Waals surface area contributed by atoms with Gasteiger partial charge < -0.3 is 25.7 Å². The molecule has 1 saturated carbocycles. The lowest BCUT2D eigenvalue weighted by Gasteiger charge is -2.40. The second kappa shape index (κ2) is 10.5. The first-order valence-corrected chi connectivity index (χ1v) is 11.4. The number of benzene rings is 1. The summed E-state index contributed by atoms with van der Waals surface area (Å²) in [6.45, 7) is 3.98. The van der Waals surface area contributed by atoms with Gasteiger partial charge in [0.2, 0.25) is 5.91 Å². The van der Waals surface area contributed by atoms with Crippen molar-refractivity contribution in [3.63, 3.8) is 0 Å². The van der Waals surface area contributed by atoms with Crippen LogP contribution in [0.1, 0.15) is 60.5 Å². The van der Waals surface area contributed by atoms with E-state index in [4.69, 9.17) is 22.1 Å². The van der Waals surface area contributed by atoms with Gasteiger partial charge in [-0.15, -0.1) is 0 Å². The molecule has 1 aliphatic rings. The van der Waals surface area contributed by atoms with Crippen LogP contribution >= 0.6 is 11.6 Å². The number of halogens is 2. The van der Waals surface area contributed by atoms with Crippen molar-refractivity contribution in [3.05, 3.63) is 46.8 Å². The molecule has 1 aliphatic carbocycles. The SMILES string of the molecule is COC(C)(C)CN(C(=O)c1nc[nH]c1C(N)=O)[C@H]1CC[C@H](C(=O)Nc2ccc(F)cc2Cl)CC1. The van der Waals surface area contributed by atoms with E-state index in [1.165, 1.54) is 18.5 Å². The number of ether oxygens (including phenoxy) is 1. The van der Waals surface area contributed by atoms with Gasteiger partial charge in [0.15, 0.2) is 5.69 Å². The Morgan fingerprint density at radius 2 is 1.97 bits per heavy atom. The summed E-state index contributed by atoms with van der Waals surface area (Å²) in [7, 11) is 1.56. The Hall–Kier alpha value is -2.98. The molecule has 0 spiro atoms. The van der Waals surface area contributed by atoms with Crippen molar-refractivity contribution in [1.82, 2.24) is 14.9 Å². The average Bonchev–Trinajstić information content (AvgIpc) is 3.29. The largest absolute Gasteiger partial charge is 0.377 e. The number of hydrogen-bond acceptors (Lipinski definition) is 5. The number of carbonyl (C=O) groups excluding carboxylic acids is 3. The summed E-state index contributed by atoms with van der Waals surface area (Å²) in [4.78, 5) is 46.2. The molecule has 1 aromatic heterocycles. The minimum absolute atomic E-state index is 0.0368. The summed E-state index contributed by atoms with van der Waals surface area (Å²) >= 11 is 6.02. The van der Waals surface area contributed by atoms with E-state index in [-0.39, 0.29) is 40.8 Å². The maximum Gasteiger partial charge on any atom is 0.275 e. The lowest BCUT2D eigenvalue weighted by Crippen LogP contribution is -2.50. The molecule has 0 atom stereocenters. The number of rotatable bonds is 8. The third-order valence-corrected chi connectivity index (χ3v) is 6.46. The highest BCUT2D eigenvalue weighted by molar-refractivity contribution is 6.33. The minimum Gasteiger partial charge on any atom is -0.377 e. The number of nitrogens with zero attached hydrogens (tertiary/aromatic N) is 2. The minimum atomic E-state index is -0.772. The highest BCUT2D eigenvalue weighted by Gasteiger charge is 2.37. The molecule has 0 unspecified atom stereocenters. The number of amides is 3. The Labute approximate surface area is 202 Å². The number of anilines is 1. The molecule has 0 saturated heterocycles. The van der Waals surface area contributed by atoms with Gasteiger partial charge in [-0.05, 0) is 57.7 Å². The van der Waals surface area contributed by atoms with E-state index in [2.05, 4.69) is 15.3 Å². The van der Waals surface area contributed by atoms with Crippen LogP contribution in [-0.4, -0.2) is 57.9 Å². The molecule has 184 valence electrons. The molecule has 11 heteroatoms. The van der Waals surface area contributed by atoms with E-state index in [1.807, 2.05) is 13.8 Å². The third kappa shape index (κ3) is 5.92. The fourth-order valence-corrected chi connectivity index (χ4v) is 4.31. The van der Waals surface area contributed by atoms with Gasteiger partial charge in [-0.3, -0.25) is 14.4 Å². The zero-order chi connectivity index (χ0) is 25.0. The Morgan fingerprint density at radius 3 is 2.56 bits per heavy atom. The van der Waals surface area contributed by atoms with Crippen molar-refractivity contribution < 1.29 is 23.5 Å². The van der Waals surface area contributed by atoms with Gasteiger partial charge in [-0.25, -0.2) is 9.37 Å². The molecule has 3 rings (SSSR count). The van der Waals surface area contributed by atoms with Gasteiger partial charge in [-0.1, -0.05) is 11.6 Å². The van der Waals surface area contributed by atoms with Crippen molar-refractivity contribution in [3.8, 4) is 0 Å². The lowest BCUT2D eigenvalue weighted by molar-refractivity contribution is -0.121. The summed E-state index contributed by atoms with van der Waals surface area (Å²) < 4.78 is 18.8. The van der Waals surface area contributed by atoms with E-state index in [9.17, 15) is 18.8 Å². The first kappa shape index (κ1) is 25.6. The predicted octanol–water partition coefficient (Wildman–Crippen LogP) is 3.37. The Kier molecular flexibility index (Phi) is 7.93. The molecule has 0 radical (unpaired) electrons. The molecular formula is C23H29ClFN5O4. The van der Waals surface area contributed by atoms with Gasteiger partial charge in [0.25, 0.3) is 11.8 Å². The molecule has 34 heavy (non-hydrogen) atoms. The average molecular weight is 494 g/mol. The summed E-state index contributed by atoms with van der Waals surface area (Å²) in [5, 5.41) is 2.89. The molecule has 1 fully saturated rings. The second-order valence-electron chi connectivity index (χ2n) is 9.01. The van der Waals surface area contributed by atoms with E-state index in [0.29, 0.717) is 31.4 Å². The molecule has 0 bridgehead atoms. The van der Waals surface area contributed by atoms with Gasteiger partial charge in [0, 0.05) is 25.6 Å². The van der Waals surface area contributed by atoms with Crippen LogP contribution in [0.5, 0.6) is 0 Å². The highest BCUT2D eigenvalue weighted by Crippen LogP contribution is 2.32. The first-order valence-electron chi connectivity index (χ1n) is 11.0. The van der Waals surface area contributed by atoms with Crippen molar-refractivity contribution in [2.75, 3.05) is 19.0 Å². The van der Waals surface area contributed by atoms with Crippen molar-refractivity contribution >= 4 is 35.0 Å². The molecule has 4 N–H and O–H groups in total. The number of imidazole rings is 1. The number of aromatic nitrogens is 2. The maximum atomic E-state index is 13.4. The molecule has 3 amide bonds. The summed E-state index contributed by atoms with van der Waals surface area (Å²) in [6.07, 6.45) is 3.47. The lowest BCUT2D eigenvalue weighted by atomic mass is 9.84. The molecule has 9 nitrogen and oxygen atoms in total. The van der Waals surface area contributed by atoms with Crippen LogP contribution in [0.3, 0.4) is 0 Å². The normalized spacial score (nSPS) is 18.4. The van der Waals surface area contributed by atoms with Crippen molar-refractivity contribution in [1.29, 1.82) is 0 Å². The van der Waals surface area contributed by atoms with Gasteiger partial charge in [-0.2, -0.15) is 0 Å². The topological polar surface area (TPSA) is 130 Å². The van der Waals surface area contributed by atoms with Gasteiger partial charge in [0.05, 0.1) is 22.6 Å². The summed E-state index contributed by atoms with van der Waals surface area (Å²) in [6, 6.07) is 3.62. The molecule has 1 aromatic carbocycles. The van der Waals surface area contributed by atoms with E-state index in [0.717, 1.165) is 6.07 Å². The number of carbonyl (C=O) groups is 3. The predicted molar refractivity (Wildman–Crippen MR) is 125 cm³/mol. The van der Waals surface area contributed by atoms with E-state index < -0.39 is 23.2 Å². The fourth-order valence-electron chi connectivity index (χ4n) is 4.10. The number of H-pyrrole nitrogens is 1. The van der Waals surface area contributed by atoms with Crippen molar-refractivity contribution in [2.24, 2.45) is 11.7 Å². The number of primary amides is 1. The fraction of sp³-hybridized carbons (Fsp3) is 0.478. The third-order valence-electron chi connectivity index (χ3n) is 6.15. The molecule has 0 aliphatic heterocycles. The number of hydrogen-bond donors (Lipinski definition) is 3. The summed E-state index contributed by atoms with van der Waals surface area (Å²) in [5.74, 6) is -2.16. The Balaban J connectivity index is 1.72.